The van der Waals surface area contributed by atoms with Gasteiger partial charge in [-0.15, -0.1) is 0 Å². The maximum absolute atomic E-state index is 12.8. The van der Waals surface area contributed by atoms with Crippen molar-refractivity contribution in [2.24, 2.45) is 17.3 Å². The van der Waals surface area contributed by atoms with Crippen LogP contribution in [-0.2, 0) is 14.4 Å². The van der Waals surface area contributed by atoms with Crippen molar-refractivity contribution in [3.05, 3.63) is 0 Å². The summed E-state index contributed by atoms with van der Waals surface area (Å²) >= 11 is 0. The SMILES string of the molecule is CCC1(C(=O)N2CCC(C(=O)O)C(C(=O)O)C2)CCCC1. The number of hydrogen-bond acceptors (Lipinski definition) is 3. The summed E-state index contributed by atoms with van der Waals surface area (Å²) in [7, 11) is 0. The molecule has 1 aliphatic heterocycles. The number of aliphatic carboxylic acids is 2. The average Bonchev–Trinajstić information content (AvgIpc) is 2.95. The number of carboxylic acids is 2. The van der Waals surface area contributed by atoms with E-state index in [4.69, 9.17) is 5.11 Å². The highest BCUT2D eigenvalue weighted by atomic mass is 16.4. The van der Waals surface area contributed by atoms with Crippen LogP contribution in [0.1, 0.15) is 45.4 Å². The quantitative estimate of drug-likeness (QED) is 0.821. The molecule has 2 rings (SSSR count). The minimum atomic E-state index is -1.13. The molecule has 0 aromatic rings. The van der Waals surface area contributed by atoms with Gasteiger partial charge < -0.3 is 15.1 Å². The van der Waals surface area contributed by atoms with Crippen molar-refractivity contribution in [3.8, 4) is 0 Å². The van der Waals surface area contributed by atoms with Gasteiger partial charge in [-0.1, -0.05) is 19.8 Å². The fourth-order valence-electron chi connectivity index (χ4n) is 3.79. The van der Waals surface area contributed by atoms with Crippen molar-refractivity contribution < 1.29 is 24.6 Å². The molecule has 0 aromatic carbocycles. The Hall–Kier alpha value is -1.59. The number of carbonyl (C=O) groups is 3. The van der Waals surface area contributed by atoms with Gasteiger partial charge in [-0.25, -0.2) is 0 Å². The zero-order valence-electron chi connectivity index (χ0n) is 12.4. The molecule has 0 radical (unpaired) electrons. The van der Waals surface area contributed by atoms with Gasteiger partial charge in [0.05, 0.1) is 11.8 Å². The van der Waals surface area contributed by atoms with Gasteiger partial charge in [-0.3, -0.25) is 14.4 Å². The Balaban J connectivity index is 2.13. The summed E-state index contributed by atoms with van der Waals surface area (Å²) in [5.74, 6) is -4.08. The van der Waals surface area contributed by atoms with Crippen LogP contribution in [0.4, 0.5) is 0 Å². The Morgan fingerprint density at radius 1 is 1.10 bits per heavy atom. The van der Waals surface area contributed by atoms with Crippen LogP contribution in [0.3, 0.4) is 0 Å². The van der Waals surface area contributed by atoms with E-state index in [0.29, 0.717) is 6.54 Å². The highest BCUT2D eigenvalue weighted by Crippen LogP contribution is 2.43. The average molecular weight is 297 g/mol. The summed E-state index contributed by atoms with van der Waals surface area (Å²) in [4.78, 5) is 36.8. The normalized spacial score (nSPS) is 28.3. The third kappa shape index (κ3) is 2.89. The topological polar surface area (TPSA) is 94.9 Å². The first-order chi connectivity index (χ1) is 9.91. The molecule has 0 aromatic heterocycles. The van der Waals surface area contributed by atoms with E-state index in [1.165, 1.54) is 0 Å². The predicted molar refractivity (Wildman–Crippen MR) is 74.6 cm³/mol. The fraction of sp³-hybridized carbons (Fsp3) is 0.800. The number of carbonyl (C=O) groups excluding carboxylic acids is 1. The summed E-state index contributed by atoms with van der Waals surface area (Å²) in [6, 6.07) is 0. The van der Waals surface area contributed by atoms with Gasteiger partial charge in [0.15, 0.2) is 0 Å². The van der Waals surface area contributed by atoms with Gasteiger partial charge in [0.2, 0.25) is 5.91 Å². The van der Waals surface area contributed by atoms with Gasteiger partial charge in [-0.05, 0) is 25.7 Å². The van der Waals surface area contributed by atoms with Crippen LogP contribution in [0.25, 0.3) is 0 Å². The van der Waals surface area contributed by atoms with Crippen molar-refractivity contribution in [1.82, 2.24) is 4.90 Å². The zero-order chi connectivity index (χ0) is 15.6. The van der Waals surface area contributed by atoms with Gasteiger partial charge in [-0.2, -0.15) is 0 Å². The third-order valence-corrected chi connectivity index (χ3v) is 5.23. The molecule has 1 amide bonds. The number of hydrogen-bond donors (Lipinski definition) is 2. The first-order valence-electron chi connectivity index (χ1n) is 7.66. The number of carboxylic acid groups (broad SMARTS) is 2. The van der Waals surface area contributed by atoms with E-state index >= 15 is 0 Å². The summed E-state index contributed by atoms with van der Waals surface area (Å²) in [5.41, 5.74) is -0.348. The van der Waals surface area contributed by atoms with E-state index in [1.807, 2.05) is 6.92 Å². The first kappa shape index (κ1) is 15.8. The Morgan fingerprint density at radius 3 is 2.14 bits per heavy atom. The summed E-state index contributed by atoms with van der Waals surface area (Å²) in [6.45, 7) is 2.37. The molecule has 2 unspecified atom stereocenters. The first-order valence-corrected chi connectivity index (χ1v) is 7.66. The lowest BCUT2D eigenvalue weighted by Gasteiger charge is -2.39. The minimum Gasteiger partial charge on any atom is -0.481 e. The summed E-state index contributed by atoms with van der Waals surface area (Å²) < 4.78 is 0. The van der Waals surface area contributed by atoms with E-state index in [2.05, 4.69) is 0 Å². The van der Waals surface area contributed by atoms with E-state index in [-0.39, 0.29) is 24.3 Å². The Kier molecular flexibility index (Phi) is 4.54. The zero-order valence-corrected chi connectivity index (χ0v) is 12.4. The summed E-state index contributed by atoms with van der Waals surface area (Å²) in [5, 5.41) is 18.4. The molecule has 0 bridgehead atoms. The fourth-order valence-corrected chi connectivity index (χ4v) is 3.79. The van der Waals surface area contributed by atoms with Crippen LogP contribution < -0.4 is 0 Å². The molecule has 1 saturated heterocycles. The number of piperidine rings is 1. The molecule has 21 heavy (non-hydrogen) atoms. The number of nitrogens with zero attached hydrogens (tertiary/aromatic N) is 1. The monoisotopic (exact) mass is 297 g/mol. The molecule has 6 nitrogen and oxygen atoms in total. The van der Waals surface area contributed by atoms with Crippen molar-refractivity contribution in [2.45, 2.75) is 45.4 Å². The molecule has 118 valence electrons. The Morgan fingerprint density at radius 2 is 1.67 bits per heavy atom. The molecular weight excluding hydrogens is 274 g/mol. The lowest BCUT2D eigenvalue weighted by atomic mass is 9.79. The minimum absolute atomic E-state index is 0.0207. The van der Waals surface area contributed by atoms with Gasteiger partial charge in [0, 0.05) is 18.5 Å². The van der Waals surface area contributed by atoms with Crippen LogP contribution >= 0.6 is 0 Å². The summed E-state index contributed by atoms with van der Waals surface area (Å²) in [6.07, 6.45) is 4.78. The molecule has 0 spiro atoms. The van der Waals surface area contributed by atoms with Crippen molar-refractivity contribution in [3.63, 3.8) is 0 Å². The highest BCUT2D eigenvalue weighted by molar-refractivity contribution is 5.85. The lowest BCUT2D eigenvalue weighted by molar-refractivity contribution is -0.161. The highest BCUT2D eigenvalue weighted by Gasteiger charge is 2.46. The second-order valence-corrected chi connectivity index (χ2v) is 6.27. The van der Waals surface area contributed by atoms with Crippen LogP contribution in [0.2, 0.25) is 0 Å². The second-order valence-electron chi connectivity index (χ2n) is 6.27. The number of likely N-dealkylation sites (tertiary alicyclic amines) is 1. The standard InChI is InChI=1S/C15H23NO5/c1-2-15(6-3-4-7-15)14(21)16-8-5-10(12(17)18)11(9-16)13(19)20/h10-11H,2-9H2,1H3,(H,17,18)(H,19,20). The van der Waals surface area contributed by atoms with Crippen molar-refractivity contribution >= 4 is 17.8 Å². The van der Waals surface area contributed by atoms with Crippen LogP contribution in [0, 0.1) is 17.3 Å². The molecule has 2 fully saturated rings. The van der Waals surface area contributed by atoms with Crippen LogP contribution in [-0.4, -0.2) is 46.0 Å². The number of amides is 1. The van der Waals surface area contributed by atoms with Crippen LogP contribution in [0.15, 0.2) is 0 Å². The maximum atomic E-state index is 12.8. The Labute approximate surface area is 124 Å². The third-order valence-electron chi connectivity index (χ3n) is 5.23. The van der Waals surface area contributed by atoms with Crippen molar-refractivity contribution in [1.29, 1.82) is 0 Å². The molecule has 2 atom stereocenters. The van der Waals surface area contributed by atoms with Gasteiger partial charge >= 0.3 is 11.9 Å². The molecule has 6 heteroatoms. The van der Waals surface area contributed by atoms with Crippen LogP contribution in [0.5, 0.6) is 0 Å². The molecule has 1 saturated carbocycles. The molecule has 2 aliphatic rings. The molecule has 1 heterocycles. The van der Waals surface area contributed by atoms with Gasteiger partial charge in [0.25, 0.3) is 0 Å². The predicted octanol–water partition coefficient (Wildman–Crippen LogP) is 1.59. The molecule has 2 N–H and O–H groups in total. The van der Waals surface area contributed by atoms with Gasteiger partial charge in [0.1, 0.15) is 0 Å². The second kappa shape index (κ2) is 6.03. The maximum Gasteiger partial charge on any atom is 0.309 e. The van der Waals surface area contributed by atoms with E-state index < -0.39 is 23.8 Å². The van der Waals surface area contributed by atoms with E-state index in [1.54, 1.807) is 4.90 Å². The smallest absolute Gasteiger partial charge is 0.309 e. The van der Waals surface area contributed by atoms with E-state index in [0.717, 1.165) is 32.1 Å². The molecular formula is C15H23NO5. The Bertz CT molecular complexity index is 441. The molecule has 1 aliphatic carbocycles. The largest absolute Gasteiger partial charge is 0.481 e. The number of rotatable bonds is 4. The lowest BCUT2D eigenvalue weighted by Crippen LogP contribution is -2.52. The van der Waals surface area contributed by atoms with Crippen molar-refractivity contribution in [2.75, 3.05) is 13.1 Å². The van der Waals surface area contributed by atoms with E-state index in [9.17, 15) is 19.5 Å².